The standard InChI is InChI=1S/C27H29ClF2N6O2/c1-17-16-36(6-5-34(17)2)25-13-23(30)21(18-14-31-27(32-15-18)35-7-9-38-10-8-35)12-24(25)33-26(37)20-4-3-19(29)11-22(20)28/h3-4,11-15,17H,5-10,16H2,1-2H3,(H,33,37)/t17-/m1/s1. The highest BCUT2D eigenvalue weighted by Crippen LogP contribution is 2.36. The molecule has 1 N–H and O–H groups in total. The van der Waals surface area contributed by atoms with E-state index in [2.05, 4.69) is 32.0 Å². The number of hydrogen-bond donors (Lipinski definition) is 1. The fourth-order valence-corrected chi connectivity index (χ4v) is 4.92. The zero-order valence-electron chi connectivity index (χ0n) is 21.3. The van der Waals surface area contributed by atoms with Gasteiger partial charge in [0.05, 0.1) is 35.2 Å². The summed E-state index contributed by atoms with van der Waals surface area (Å²) in [6.45, 7) is 6.80. The molecule has 3 aromatic rings. The molecule has 1 atom stereocenters. The van der Waals surface area contributed by atoms with Crippen LogP contribution < -0.4 is 15.1 Å². The second-order valence-electron chi connectivity index (χ2n) is 9.57. The van der Waals surface area contributed by atoms with Crippen molar-refractivity contribution < 1.29 is 18.3 Å². The maximum Gasteiger partial charge on any atom is 0.257 e. The smallest absolute Gasteiger partial charge is 0.257 e. The van der Waals surface area contributed by atoms with Gasteiger partial charge in [-0.15, -0.1) is 0 Å². The third-order valence-electron chi connectivity index (χ3n) is 7.05. The Morgan fingerprint density at radius 1 is 1.05 bits per heavy atom. The lowest BCUT2D eigenvalue weighted by Gasteiger charge is -2.39. The number of piperazine rings is 1. The Labute approximate surface area is 225 Å². The number of morpholine rings is 1. The number of anilines is 3. The molecule has 1 amide bonds. The van der Waals surface area contributed by atoms with E-state index in [1.54, 1.807) is 18.5 Å². The van der Waals surface area contributed by atoms with Gasteiger partial charge in [0, 0.05) is 62.3 Å². The predicted molar refractivity (Wildman–Crippen MR) is 144 cm³/mol. The summed E-state index contributed by atoms with van der Waals surface area (Å²) < 4.78 is 34.5. The normalized spacial score (nSPS) is 18.5. The fraction of sp³-hybridized carbons (Fsp3) is 0.370. The molecule has 0 bridgehead atoms. The molecule has 8 nitrogen and oxygen atoms in total. The zero-order chi connectivity index (χ0) is 26.8. The van der Waals surface area contributed by atoms with Gasteiger partial charge in [-0.05, 0) is 44.3 Å². The van der Waals surface area contributed by atoms with Crippen LogP contribution in [0.5, 0.6) is 0 Å². The Balaban J connectivity index is 1.50. The quantitative estimate of drug-likeness (QED) is 0.515. The van der Waals surface area contributed by atoms with Crippen molar-refractivity contribution >= 4 is 34.8 Å². The lowest BCUT2D eigenvalue weighted by atomic mass is 10.0. The summed E-state index contributed by atoms with van der Waals surface area (Å²) in [5, 5.41) is 2.87. The summed E-state index contributed by atoms with van der Waals surface area (Å²) in [5.41, 5.74) is 1.83. The molecule has 11 heteroatoms. The first-order chi connectivity index (χ1) is 18.3. The van der Waals surface area contributed by atoms with Gasteiger partial charge < -0.3 is 24.8 Å². The summed E-state index contributed by atoms with van der Waals surface area (Å²) >= 11 is 6.14. The molecule has 2 aliphatic rings. The topological polar surface area (TPSA) is 73.8 Å². The maximum absolute atomic E-state index is 15.6. The van der Waals surface area contributed by atoms with Crippen LogP contribution in [0.3, 0.4) is 0 Å². The van der Waals surface area contributed by atoms with Gasteiger partial charge in [-0.1, -0.05) is 11.6 Å². The van der Waals surface area contributed by atoms with Crippen LogP contribution in [0.1, 0.15) is 17.3 Å². The van der Waals surface area contributed by atoms with Crippen LogP contribution in [0, 0.1) is 11.6 Å². The minimum absolute atomic E-state index is 0.00768. The van der Waals surface area contributed by atoms with Gasteiger partial charge >= 0.3 is 0 Å². The van der Waals surface area contributed by atoms with E-state index in [-0.39, 0.29) is 22.2 Å². The average molecular weight is 543 g/mol. The van der Waals surface area contributed by atoms with E-state index in [9.17, 15) is 9.18 Å². The third-order valence-corrected chi connectivity index (χ3v) is 7.37. The van der Waals surface area contributed by atoms with E-state index in [0.29, 0.717) is 62.3 Å². The molecular weight excluding hydrogens is 514 g/mol. The Morgan fingerprint density at radius 2 is 1.79 bits per heavy atom. The first kappa shape index (κ1) is 26.3. The molecule has 0 aliphatic carbocycles. The molecule has 0 spiro atoms. The summed E-state index contributed by atoms with van der Waals surface area (Å²) in [6.07, 6.45) is 3.16. The molecule has 200 valence electrons. The fourth-order valence-electron chi connectivity index (χ4n) is 4.66. The maximum atomic E-state index is 15.6. The predicted octanol–water partition coefficient (Wildman–Crippen LogP) is 4.30. The minimum atomic E-state index is -0.539. The van der Waals surface area contributed by atoms with Gasteiger partial charge in [0.25, 0.3) is 5.91 Å². The van der Waals surface area contributed by atoms with E-state index in [0.717, 1.165) is 12.6 Å². The SMILES string of the molecule is C[C@@H]1CN(c2cc(F)c(-c3cnc(N4CCOCC4)nc3)cc2NC(=O)c2ccc(F)cc2Cl)CCN1C. The van der Waals surface area contributed by atoms with Crippen LogP contribution in [0.4, 0.5) is 26.1 Å². The van der Waals surface area contributed by atoms with E-state index < -0.39 is 17.5 Å². The number of ether oxygens (including phenoxy) is 1. The van der Waals surface area contributed by atoms with E-state index in [1.807, 2.05) is 11.9 Å². The second-order valence-corrected chi connectivity index (χ2v) is 9.98. The van der Waals surface area contributed by atoms with E-state index in [4.69, 9.17) is 16.3 Å². The van der Waals surface area contributed by atoms with Crippen molar-refractivity contribution in [3.8, 4) is 11.1 Å². The number of rotatable bonds is 5. The molecule has 3 heterocycles. The van der Waals surface area contributed by atoms with Gasteiger partial charge in [0.15, 0.2) is 0 Å². The molecule has 2 fully saturated rings. The molecule has 2 aromatic carbocycles. The summed E-state index contributed by atoms with van der Waals surface area (Å²) in [7, 11) is 2.05. The highest BCUT2D eigenvalue weighted by Gasteiger charge is 2.25. The number of benzene rings is 2. The first-order valence-electron chi connectivity index (χ1n) is 12.5. The van der Waals surface area contributed by atoms with Crippen LogP contribution >= 0.6 is 11.6 Å². The molecule has 2 aliphatic heterocycles. The highest BCUT2D eigenvalue weighted by atomic mass is 35.5. The van der Waals surface area contributed by atoms with Crippen LogP contribution in [0.15, 0.2) is 42.7 Å². The van der Waals surface area contributed by atoms with Crippen LogP contribution in [0.25, 0.3) is 11.1 Å². The molecular formula is C27H29ClF2N6O2. The van der Waals surface area contributed by atoms with Crippen LogP contribution in [-0.4, -0.2) is 79.8 Å². The van der Waals surface area contributed by atoms with Gasteiger partial charge in [0.2, 0.25) is 5.95 Å². The van der Waals surface area contributed by atoms with Crippen molar-refractivity contribution in [3.05, 3.63) is 64.9 Å². The average Bonchev–Trinajstić information content (AvgIpc) is 2.91. The Bertz CT molecular complexity index is 1320. The van der Waals surface area contributed by atoms with Crippen molar-refractivity contribution in [2.24, 2.45) is 0 Å². The van der Waals surface area contributed by atoms with Crippen molar-refractivity contribution in [3.63, 3.8) is 0 Å². The van der Waals surface area contributed by atoms with Gasteiger partial charge in [-0.2, -0.15) is 0 Å². The molecule has 0 radical (unpaired) electrons. The number of carbonyl (C=O) groups excluding carboxylic acids is 1. The number of aromatic nitrogens is 2. The highest BCUT2D eigenvalue weighted by molar-refractivity contribution is 6.34. The van der Waals surface area contributed by atoms with Crippen molar-refractivity contribution in [1.29, 1.82) is 0 Å². The van der Waals surface area contributed by atoms with Gasteiger partial charge in [-0.25, -0.2) is 18.7 Å². The Hall–Kier alpha value is -3.34. The number of amides is 1. The summed E-state index contributed by atoms with van der Waals surface area (Å²) in [5.74, 6) is -0.953. The van der Waals surface area contributed by atoms with Crippen LogP contribution in [0.2, 0.25) is 5.02 Å². The largest absolute Gasteiger partial charge is 0.378 e. The summed E-state index contributed by atoms with van der Waals surface area (Å²) in [6, 6.07) is 6.85. The van der Waals surface area contributed by atoms with Crippen molar-refractivity contribution in [2.75, 3.05) is 68.1 Å². The number of halogens is 3. The number of carbonyl (C=O) groups is 1. The summed E-state index contributed by atoms with van der Waals surface area (Å²) in [4.78, 5) is 28.4. The molecule has 0 unspecified atom stereocenters. The van der Waals surface area contributed by atoms with Crippen molar-refractivity contribution in [1.82, 2.24) is 14.9 Å². The van der Waals surface area contributed by atoms with E-state index in [1.165, 1.54) is 18.2 Å². The number of hydrogen-bond acceptors (Lipinski definition) is 7. The van der Waals surface area contributed by atoms with Crippen LogP contribution in [-0.2, 0) is 4.74 Å². The molecule has 1 aromatic heterocycles. The third kappa shape index (κ3) is 5.57. The molecule has 38 heavy (non-hydrogen) atoms. The Morgan fingerprint density at radius 3 is 2.47 bits per heavy atom. The monoisotopic (exact) mass is 542 g/mol. The number of likely N-dealkylation sites (N-methyl/N-ethyl adjacent to an activating group) is 1. The second kappa shape index (κ2) is 11.2. The lowest BCUT2D eigenvalue weighted by Crippen LogP contribution is -2.50. The number of nitrogens with one attached hydrogen (secondary N) is 1. The van der Waals surface area contributed by atoms with Gasteiger partial charge in [0.1, 0.15) is 11.6 Å². The Kier molecular flexibility index (Phi) is 7.73. The van der Waals surface area contributed by atoms with Gasteiger partial charge in [-0.3, -0.25) is 4.79 Å². The lowest BCUT2D eigenvalue weighted by molar-refractivity contribution is 0.102. The zero-order valence-corrected chi connectivity index (χ0v) is 22.0. The molecule has 2 saturated heterocycles. The minimum Gasteiger partial charge on any atom is -0.378 e. The number of nitrogens with zero attached hydrogens (tertiary/aromatic N) is 5. The first-order valence-corrected chi connectivity index (χ1v) is 12.9. The molecule has 0 saturated carbocycles. The molecule has 5 rings (SSSR count). The van der Waals surface area contributed by atoms with E-state index >= 15 is 4.39 Å². The van der Waals surface area contributed by atoms with Crippen molar-refractivity contribution in [2.45, 2.75) is 13.0 Å².